The van der Waals surface area contributed by atoms with Crippen molar-refractivity contribution < 1.29 is 8.78 Å². The topological polar surface area (TPSA) is 12.0 Å². The molecule has 1 aliphatic rings. The van der Waals surface area contributed by atoms with E-state index in [4.69, 9.17) is 0 Å². The van der Waals surface area contributed by atoms with E-state index in [0.29, 0.717) is 11.0 Å². The van der Waals surface area contributed by atoms with Crippen molar-refractivity contribution >= 4 is 11.8 Å². The Morgan fingerprint density at radius 3 is 2.58 bits per heavy atom. The number of hydrogen-bond acceptors (Lipinski definition) is 2. The van der Waals surface area contributed by atoms with Crippen LogP contribution in [-0.2, 0) is 0 Å². The van der Waals surface area contributed by atoms with E-state index in [1.807, 2.05) is 0 Å². The minimum atomic E-state index is -2.13. The molecule has 1 fully saturated rings. The van der Waals surface area contributed by atoms with Gasteiger partial charge in [0.05, 0.1) is 0 Å². The summed E-state index contributed by atoms with van der Waals surface area (Å²) >= 11 is 1.71. The van der Waals surface area contributed by atoms with Crippen LogP contribution in [0.25, 0.3) is 0 Å². The number of nitrogens with one attached hydrogen (secondary N) is 1. The van der Waals surface area contributed by atoms with Gasteiger partial charge in [-0.25, -0.2) is 8.78 Å². The molecule has 1 saturated heterocycles. The summed E-state index contributed by atoms with van der Waals surface area (Å²) in [5.74, 6) is 0.613. The van der Waals surface area contributed by atoms with Gasteiger partial charge in [0.1, 0.15) is 0 Å². The molecule has 4 heteroatoms. The molecule has 0 aliphatic carbocycles. The van der Waals surface area contributed by atoms with Crippen molar-refractivity contribution in [2.24, 2.45) is 0 Å². The lowest BCUT2D eigenvalue weighted by Crippen LogP contribution is -2.29. The number of hydrogen-bond donors (Lipinski definition) is 1. The molecule has 0 atom stereocenters. The van der Waals surface area contributed by atoms with E-state index in [1.165, 1.54) is 0 Å². The predicted octanol–water partition coefficient (Wildman–Crippen LogP) is 2.13. The summed E-state index contributed by atoms with van der Waals surface area (Å²) in [4.78, 5) is 0. The minimum absolute atomic E-state index is 0.0502. The number of thioether (sulfide) groups is 1. The monoisotopic (exact) mass is 195 g/mol. The van der Waals surface area contributed by atoms with Crippen LogP contribution in [0.1, 0.15) is 19.3 Å². The largest absolute Gasteiger partial charge is 0.317 e. The summed E-state index contributed by atoms with van der Waals surface area (Å²) in [6.45, 7) is 2.10. The van der Waals surface area contributed by atoms with Crippen LogP contribution in [0.3, 0.4) is 0 Å². The number of alkyl halides is 2. The van der Waals surface area contributed by atoms with Crippen LogP contribution in [0.2, 0.25) is 0 Å². The van der Waals surface area contributed by atoms with Crippen LogP contribution < -0.4 is 5.32 Å². The molecule has 72 valence electrons. The highest BCUT2D eigenvalue weighted by Crippen LogP contribution is 2.21. The van der Waals surface area contributed by atoms with Crippen molar-refractivity contribution in [3.8, 4) is 0 Å². The minimum Gasteiger partial charge on any atom is -0.317 e. The Kier molecular flexibility index (Phi) is 4.92. The van der Waals surface area contributed by atoms with E-state index in [1.54, 1.807) is 11.8 Å². The van der Waals surface area contributed by atoms with Gasteiger partial charge in [-0.05, 0) is 31.7 Å². The normalized spacial score (nSPS) is 20.2. The first-order chi connectivity index (χ1) is 5.79. The van der Waals surface area contributed by atoms with Gasteiger partial charge in [0.25, 0.3) is 0 Å². The molecule has 0 aromatic carbocycles. The number of halogens is 2. The number of piperidine rings is 1. The maximum atomic E-state index is 11.8. The molecule has 0 amide bonds. The molecule has 1 N–H and O–H groups in total. The first kappa shape index (κ1) is 10.3. The summed E-state index contributed by atoms with van der Waals surface area (Å²) in [5, 5.41) is 3.87. The predicted molar refractivity (Wildman–Crippen MR) is 49.0 cm³/mol. The fraction of sp³-hybridized carbons (Fsp3) is 1.00. The van der Waals surface area contributed by atoms with E-state index in [0.717, 1.165) is 25.9 Å². The van der Waals surface area contributed by atoms with Gasteiger partial charge >= 0.3 is 0 Å². The smallest absolute Gasteiger partial charge is 0.239 e. The van der Waals surface area contributed by atoms with Gasteiger partial charge in [-0.3, -0.25) is 0 Å². The van der Waals surface area contributed by atoms with Gasteiger partial charge in [-0.1, -0.05) is 0 Å². The Labute approximate surface area is 76.3 Å². The second-order valence-electron chi connectivity index (χ2n) is 3.00. The molecule has 0 unspecified atom stereocenters. The van der Waals surface area contributed by atoms with E-state index in [9.17, 15) is 8.78 Å². The Bertz CT molecular complexity index is 116. The summed E-state index contributed by atoms with van der Waals surface area (Å²) in [7, 11) is 0. The van der Waals surface area contributed by atoms with Gasteiger partial charge in [0, 0.05) is 11.7 Å². The van der Waals surface area contributed by atoms with Crippen molar-refractivity contribution in [2.45, 2.75) is 30.9 Å². The first-order valence-electron chi connectivity index (χ1n) is 4.39. The van der Waals surface area contributed by atoms with Crippen LogP contribution in [-0.4, -0.2) is 30.5 Å². The molecule has 1 aliphatic heterocycles. The Balaban J connectivity index is 1.98. The quantitative estimate of drug-likeness (QED) is 0.737. The molecule has 0 spiro atoms. The van der Waals surface area contributed by atoms with Gasteiger partial charge in [0.15, 0.2) is 0 Å². The molecular weight excluding hydrogens is 180 g/mol. The zero-order chi connectivity index (χ0) is 8.81. The third-order valence-corrected chi connectivity index (χ3v) is 3.39. The third kappa shape index (κ3) is 4.26. The van der Waals surface area contributed by atoms with Gasteiger partial charge in [-0.2, -0.15) is 11.8 Å². The molecule has 0 bridgehead atoms. The molecule has 0 aromatic rings. The lowest BCUT2D eigenvalue weighted by atomic mass is 10.2. The Morgan fingerprint density at radius 2 is 2.00 bits per heavy atom. The van der Waals surface area contributed by atoms with Crippen molar-refractivity contribution in [2.75, 3.05) is 18.8 Å². The van der Waals surface area contributed by atoms with Crippen LogP contribution in [0.5, 0.6) is 0 Å². The molecular formula is C8H15F2NS. The Morgan fingerprint density at radius 1 is 1.33 bits per heavy atom. The molecule has 1 rings (SSSR count). The van der Waals surface area contributed by atoms with Gasteiger partial charge in [0.2, 0.25) is 6.43 Å². The fourth-order valence-electron chi connectivity index (χ4n) is 1.29. The average molecular weight is 195 g/mol. The zero-order valence-corrected chi connectivity index (χ0v) is 7.88. The highest BCUT2D eigenvalue weighted by Gasteiger charge is 2.13. The van der Waals surface area contributed by atoms with Gasteiger partial charge in [-0.15, -0.1) is 0 Å². The fourth-order valence-corrected chi connectivity index (χ4v) is 2.50. The van der Waals surface area contributed by atoms with Crippen LogP contribution in [0.15, 0.2) is 0 Å². The molecule has 0 radical (unpaired) electrons. The highest BCUT2D eigenvalue weighted by molar-refractivity contribution is 7.99. The second kappa shape index (κ2) is 5.75. The van der Waals surface area contributed by atoms with E-state index in [-0.39, 0.29) is 6.42 Å². The first-order valence-corrected chi connectivity index (χ1v) is 5.44. The van der Waals surface area contributed by atoms with E-state index < -0.39 is 6.43 Å². The second-order valence-corrected chi connectivity index (χ2v) is 4.41. The van der Waals surface area contributed by atoms with Crippen molar-refractivity contribution in [1.29, 1.82) is 0 Å². The van der Waals surface area contributed by atoms with E-state index in [2.05, 4.69) is 5.32 Å². The van der Waals surface area contributed by atoms with Crippen LogP contribution in [0, 0.1) is 0 Å². The summed E-state index contributed by atoms with van der Waals surface area (Å²) in [6.07, 6.45) is 0.190. The lowest BCUT2D eigenvalue weighted by Gasteiger charge is -2.21. The zero-order valence-electron chi connectivity index (χ0n) is 7.06. The SMILES string of the molecule is FC(F)CCSC1CCNCC1. The van der Waals surface area contributed by atoms with Crippen LogP contribution in [0.4, 0.5) is 8.78 Å². The molecule has 1 heterocycles. The highest BCUT2D eigenvalue weighted by atomic mass is 32.2. The van der Waals surface area contributed by atoms with Crippen molar-refractivity contribution in [3.05, 3.63) is 0 Å². The summed E-state index contributed by atoms with van der Waals surface area (Å²) in [5.41, 5.74) is 0. The molecule has 12 heavy (non-hydrogen) atoms. The Hall–Kier alpha value is 0.170. The van der Waals surface area contributed by atoms with E-state index >= 15 is 0 Å². The molecule has 1 nitrogen and oxygen atoms in total. The maximum Gasteiger partial charge on any atom is 0.239 e. The standard InChI is InChI=1S/C8H15F2NS/c9-8(10)3-6-12-7-1-4-11-5-2-7/h7-8,11H,1-6H2. The summed E-state index contributed by atoms with van der Waals surface area (Å²) < 4.78 is 23.5. The van der Waals surface area contributed by atoms with Crippen molar-refractivity contribution in [3.63, 3.8) is 0 Å². The van der Waals surface area contributed by atoms with Crippen molar-refractivity contribution in [1.82, 2.24) is 5.32 Å². The number of rotatable bonds is 4. The van der Waals surface area contributed by atoms with Crippen LogP contribution >= 0.6 is 11.8 Å². The van der Waals surface area contributed by atoms with Gasteiger partial charge < -0.3 is 5.32 Å². The molecule has 0 saturated carbocycles. The summed E-state index contributed by atoms with van der Waals surface area (Å²) in [6, 6.07) is 0. The lowest BCUT2D eigenvalue weighted by molar-refractivity contribution is 0.145. The average Bonchev–Trinajstić information content (AvgIpc) is 2.05. The maximum absolute atomic E-state index is 11.8. The third-order valence-electron chi connectivity index (χ3n) is 1.98. The molecule has 0 aromatic heterocycles.